The molecule has 2 aromatic carbocycles. The molecule has 0 saturated heterocycles. The number of aryl methyl sites for hydroxylation is 2. The van der Waals surface area contributed by atoms with Gasteiger partial charge in [-0.15, -0.1) is 11.3 Å². The fraction of sp³-hybridized carbons (Fsp3) is 0.241. The first-order chi connectivity index (χ1) is 19.3. The standard InChI is InChI=1S/C29H30N6O3S2/c1-4-40(36,37)12-11-30-16-28-35-26(17-39-28)21-6-9-25-24(14-21)29(33-18-32-25)34-22-7-10-27(19(2)13-22)38-23-8-5-20(3)31-15-23/h5-10,13-15,17-18,30H,4,11-12,16H2,1-3H3,(H,32,33,34). The van der Waals surface area contributed by atoms with Crippen LogP contribution >= 0.6 is 11.3 Å². The first-order valence-corrected chi connectivity index (χ1v) is 15.6. The minimum Gasteiger partial charge on any atom is -0.455 e. The fourth-order valence-electron chi connectivity index (χ4n) is 4.03. The van der Waals surface area contributed by atoms with E-state index in [9.17, 15) is 8.42 Å². The third kappa shape index (κ3) is 6.79. The average molecular weight is 575 g/mol. The normalized spacial score (nSPS) is 11.6. The van der Waals surface area contributed by atoms with Crippen molar-refractivity contribution < 1.29 is 13.2 Å². The largest absolute Gasteiger partial charge is 0.455 e. The van der Waals surface area contributed by atoms with Crippen LogP contribution in [0.15, 0.2) is 66.4 Å². The molecule has 0 aliphatic carbocycles. The highest BCUT2D eigenvalue weighted by Crippen LogP contribution is 2.31. The summed E-state index contributed by atoms with van der Waals surface area (Å²) in [4.78, 5) is 18.0. The van der Waals surface area contributed by atoms with E-state index in [4.69, 9.17) is 9.72 Å². The van der Waals surface area contributed by atoms with Crippen molar-refractivity contribution in [3.8, 4) is 22.8 Å². The summed E-state index contributed by atoms with van der Waals surface area (Å²) in [6, 6.07) is 15.7. The van der Waals surface area contributed by atoms with Crippen molar-refractivity contribution in [2.45, 2.75) is 27.3 Å². The van der Waals surface area contributed by atoms with Crippen LogP contribution in [0, 0.1) is 13.8 Å². The molecule has 0 aliphatic heterocycles. The first-order valence-electron chi connectivity index (χ1n) is 12.9. The van der Waals surface area contributed by atoms with Gasteiger partial charge in [0, 0.05) is 46.6 Å². The molecule has 9 nitrogen and oxygen atoms in total. The summed E-state index contributed by atoms with van der Waals surface area (Å²) in [5.74, 6) is 2.42. The van der Waals surface area contributed by atoms with E-state index in [1.54, 1.807) is 19.4 Å². The topological polar surface area (TPSA) is 119 Å². The van der Waals surface area contributed by atoms with Gasteiger partial charge < -0.3 is 15.4 Å². The Morgan fingerprint density at radius 2 is 1.88 bits per heavy atom. The molecule has 0 radical (unpaired) electrons. The van der Waals surface area contributed by atoms with Gasteiger partial charge in [-0.25, -0.2) is 23.4 Å². The number of aromatic nitrogens is 4. The minimum absolute atomic E-state index is 0.127. The van der Waals surface area contributed by atoms with Crippen LogP contribution in [0.2, 0.25) is 0 Å². The predicted octanol–water partition coefficient (Wildman–Crippen LogP) is 5.83. The van der Waals surface area contributed by atoms with Crippen molar-refractivity contribution >= 4 is 43.6 Å². The van der Waals surface area contributed by atoms with Crippen molar-refractivity contribution in [2.75, 3.05) is 23.4 Å². The molecule has 11 heteroatoms. The zero-order valence-electron chi connectivity index (χ0n) is 22.5. The summed E-state index contributed by atoms with van der Waals surface area (Å²) >= 11 is 1.54. The SMILES string of the molecule is CCS(=O)(=O)CCNCc1nc(-c2ccc3ncnc(Nc4ccc(Oc5ccc(C)nc5)c(C)c4)c3c2)cs1. The highest BCUT2D eigenvalue weighted by molar-refractivity contribution is 7.91. The number of benzene rings is 2. The van der Waals surface area contributed by atoms with Crippen molar-refractivity contribution in [1.29, 1.82) is 0 Å². The van der Waals surface area contributed by atoms with Gasteiger partial charge in [0.15, 0.2) is 9.84 Å². The van der Waals surface area contributed by atoms with Gasteiger partial charge >= 0.3 is 0 Å². The monoisotopic (exact) mass is 574 g/mol. The third-order valence-electron chi connectivity index (χ3n) is 6.34. The number of fused-ring (bicyclic) bond motifs is 1. The number of pyridine rings is 1. The molecule has 0 spiro atoms. The zero-order chi connectivity index (χ0) is 28.1. The van der Waals surface area contributed by atoms with E-state index >= 15 is 0 Å². The van der Waals surface area contributed by atoms with Crippen LogP contribution in [0.25, 0.3) is 22.2 Å². The number of hydrogen-bond donors (Lipinski definition) is 2. The number of hydrogen-bond acceptors (Lipinski definition) is 10. The number of rotatable bonds is 11. The van der Waals surface area contributed by atoms with Crippen molar-refractivity contribution in [1.82, 2.24) is 25.3 Å². The van der Waals surface area contributed by atoms with Gasteiger partial charge in [-0.1, -0.05) is 13.0 Å². The number of anilines is 2. The van der Waals surface area contributed by atoms with Crippen LogP contribution in [0.5, 0.6) is 11.5 Å². The summed E-state index contributed by atoms with van der Waals surface area (Å²) < 4.78 is 29.4. The van der Waals surface area contributed by atoms with Crippen LogP contribution in [-0.4, -0.2) is 46.4 Å². The number of ether oxygens (including phenoxy) is 1. The maximum absolute atomic E-state index is 11.7. The Labute approximate surface area is 237 Å². The lowest BCUT2D eigenvalue weighted by molar-refractivity contribution is 0.476. The Morgan fingerprint density at radius 1 is 1.00 bits per heavy atom. The Bertz CT molecular complexity index is 1740. The maximum atomic E-state index is 11.7. The maximum Gasteiger partial charge on any atom is 0.151 e. The van der Waals surface area contributed by atoms with Crippen LogP contribution in [-0.2, 0) is 16.4 Å². The lowest BCUT2D eigenvalue weighted by Crippen LogP contribution is -2.23. The number of nitrogens with zero attached hydrogens (tertiary/aromatic N) is 4. The first kappa shape index (κ1) is 27.6. The molecule has 40 heavy (non-hydrogen) atoms. The van der Waals surface area contributed by atoms with E-state index in [0.29, 0.717) is 24.7 Å². The van der Waals surface area contributed by atoms with E-state index in [0.717, 1.165) is 49.9 Å². The summed E-state index contributed by atoms with van der Waals surface area (Å²) in [5.41, 5.74) is 5.41. The van der Waals surface area contributed by atoms with Crippen LogP contribution < -0.4 is 15.4 Å². The number of nitrogens with one attached hydrogen (secondary N) is 2. The number of sulfone groups is 1. The van der Waals surface area contributed by atoms with Gasteiger partial charge in [0.1, 0.15) is 28.7 Å². The second kappa shape index (κ2) is 12.1. The zero-order valence-corrected chi connectivity index (χ0v) is 24.1. The van der Waals surface area contributed by atoms with Gasteiger partial charge in [0.2, 0.25) is 0 Å². The van der Waals surface area contributed by atoms with Gasteiger partial charge in [-0.2, -0.15) is 0 Å². The molecule has 2 N–H and O–H groups in total. The Morgan fingerprint density at radius 3 is 2.65 bits per heavy atom. The summed E-state index contributed by atoms with van der Waals surface area (Å²) in [6.07, 6.45) is 3.26. The van der Waals surface area contributed by atoms with Gasteiger partial charge in [0.05, 0.1) is 23.2 Å². The van der Waals surface area contributed by atoms with Crippen molar-refractivity contribution in [3.05, 3.63) is 82.7 Å². The van der Waals surface area contributed by atoms with Gasteiger partial charge in [0.25, 0.3) is 0 Å². The lowest BCUT2D eigenvalue weighted by atomic mass is 10.1. The van der Waals surface area contributed by atoms with Crippen molar-refractivity contribution in [2.24, 2.45) is 0 Å². The quantitative estimate of drug-likeness (QED) is 0.188. The smallest absolute Gasteiger partial charge is 0.151 e. The molecule has 0 fully saturated rings. The molecule has 0 amide bonds. The van der Waals surface area contributed by atoms with Crippen molar-refractivity contribution in [3.63, 3.8) is 0 Å². The van der Waals surface area contributed by atoms with Crippen LogP contribution in [0.1, 0.15) is 23.2 Å². The van der Waals surface area contributed by atoms with E-state index in [1.165, 1.54) is 11.3 Å². The Balaban J connectivity index is 1.30. The van der Waals surface area contributed by atoms with Gasteiger partial charge in [-0.05, 0) is 61.9 Å². The van der Waals surface area contributed by atoms with Gasteiger partial charge in [-0.3, -0.25) is 4.98 Å². The minimum atomic E-state index is -2.98. The summed E-state index contributed by atoms with van der Waals surface area (Å²) in [7, 11) is -2.98. The average Bonchev–Trinajstić information content (AvgIpc) is 3.43. The van der Waals surface area contributed by atoms with E-state index < -0.39 is 9.84 Å². The van der Waals surface area contributed by atoms with E-state index in [-0.39, 0.29) is 11.5 Å². The second-order valence-electron chi connectivity index (χ2n) is 9.34. The molecule has 0 atom stereocenters. The highest BCUT2D eigenvalue weighted by Gasteiger charge is 2.11. The molecule has 0 saturated carbocycles. The molecule has 3 aromatic heterocycles. The molecule has 0 bridgehead atoms. The Hall–Kier alpha value is -3.93. The summed E-state index contributed by atoms with van der Waals surface area (Å²) in [5, 5.41) is 10.4. The van der Waals surface area contributed by atoms with E-state index in [2.05, 4.69) is 25.6 Å². The second-order valence-corrected chi connectivity index (χ2v) is 12.8. The van der Waals surface area contributed by atoms with E-state index in [1.807, 2.05) is 67.8 Å². The molecule has 0 aliphatic rings. The Kier molecular flexibility index (Phi) is 8.34. The highest BCUT2D eigenvalue weighted by atomic mass is 32.2. The lowest BCUT2D eigenvalue weighted by Gasteiger charge is -2.13. The summed E-state index contributed by atoms with van der Waals surface area (Å²) in [6.45, 7) is 6.52. The fourth-order valence-corrected chi connectivity index (χ4v) is 5.54. The molecule has 5 aromatic rings. The molecule has 206 valence electrons. The van der Waals surface area contributed by atoms with Crippen LogP contribution in [0.4, 0.5) is 11.5 Å². The predicted molar refractivity (Wildman–Crippen MR) is 160 cm³/mol. The molecular formula is C29H30N6O3S2. The molecule has 5 rings (SSSR count). The third-order valence-corrected chi connectivity index (χ3v) is 8.89. The molecular weight excluding hydrogens is 544 g/mol. The van der Waals surface area contributed by atoms with Crippen LogP contribution in [0.3, 0.4) is 0 Å². The molecule has 0 unspecified atom stereocenters. The molecule has 3 heterocycles. The number of thiazole rings is 1.